The summed E-state index contributed by atoms with van der Waals surface area (Å²) < 4.78 is 9.55. The van der Waals surface area contributed by atoms with Gasteiger partial charge in [0, 0.05) is 20.1 Å². The molecule has 0 aliphatic carbocycles. The third-order valence-electron chi connectivity index (χ3n) is 2.36. The highest BCUT2D eigenvalue weighted by molar-refractivity contribution is 7.12. The first-order valence-corrected chi connectivity index (χ1v) is 6.43. The molecule has 18 heavy (non-hydrogen) atoms. The number of aryl methyl sites for hydroxylation is 1. The third-order valence-corrected chi connectivity index (χ3v) is 3.44. The van der Waals surface area contributed by atoms with Crippen LogP contribution < -0.4 is 5.32 Å². The van der Waals surface area contributed by atoms with Crippen LogP contribution in [0.15, 0.2) is 5.38 Å². The summed E-state index contributed by atoms with van der Waals surface area (Å²) in [6, 6.07) is 0. The van der Waals surface area contributed by atoms with Gasteiger partial charge in [-0.15, -0.1) is 11.3 Å². The predicted molar refractivity (Wildman–Crippen MR) is 70.1 cm³/mol. The zero-order valence-corrected chi connectivity index (χ0v) is 11.6. The maximum Gasteiger partial charge on any atom is 0.350 e. The number of amides is 1. The molecule has 0 bridgehead atoms. The van der Waals surface area contributed by atoms with Crippen LogP contribution in [0.25, 0.3) is 0 Å². The van der Waals surface area contributed by atoms with E-state index in [1.807, 2.05) is 12.3 Å². The second-order valence-electron chi connectivity index (χ2n) is 3.76. The van der Waals surface area contributed by atoms with Crippen LogP contribution in [0.5, 0.6) is 0 Å². The molecule has 0 unspecified atom stereocenters. The summed E-state index contributed by atoms with van der Waals surface area (Å²) in [7, 11) is 2.91. The van der Waals surface area contributed by atoms with Crippen molar-refractivity contribution in [2.45, 2.75) is 19.8 Å². The first-order valence-electron chi connectivity index (χ1n) is 5.55. The summed E-state index contributed by atoms with van der Waals surface area (Å²) in [6.45, 7) is 2.38. The SMILES string of the molecule is COCCCC(=O)Nc1c(C)csc1C(=O)OC. The van der Waals surface area contributed by atoms with E-state index in [1.165, 1.54) is 18.4 Å². The van der Waals surface area contributed by atoms with Gasteiger partial charge in [-0.2, -0.15) is 0 Å². The molecule has 0 radical (unpaired) electrons. The van der Waals surface area contributed by atoms with E-state index in [2.05, 4.69) is 10.1 Å². The molecule has 100 valence electrons. The van der Waals surface area contributed by atoms with Crippen molar-refractivity contribution < 1.29 is 19.1 Å². The molecule has 5 nitrogen and oxygen atoms in total. The number of hydrogen-bond acceptors (Lipinski definition) is 5. The number of carbonyl (C=O) groups is 2. The van der Waals surface area contributed by atoms with Gasteiger partial charge in [0.15, 0.2) is 0 Å². The Morgan fingerprint density at radius 3 is 2.72 bits per heavy atom. The molecule has 0 fully saturated rings. The van der Waals surface area contributed by atoms with Crippen molar-refractivity contribution in [1.29, 1.82) is 0 Å². The topological polar surface area (TPSA) is 64.6 Å². The van der Waals surface area contributed by atoms with Gasteiger partial charge in [-0.05, 0) is 24.3 Å². The van der Waals surface area contributed by atoms with E-state index in [-0.39, 0.29) is 5.91 Å². The summed E-state index contributed by atoms with van der Waals surface area (Å²) in [5.74, 6) is -0.556. The molecule has 6 heteroatoms. The van der Waals surface area contributed by atoms with E-state index < -0.39 is 5.97 Å². The van der Waals surface area contributed by atoms with Gasteiger partial charge in [-0.1, -0.05) is 0 Å². The average Bonchev–Trinajstić information content (AvgIpc) is 2.71. The van der Waals surface area contributed by atoms with Crippen LogP contribution in [0, 0.1) is 6.92 Å². The third kappa shape index (κ3) is 3.82. The van der Waals surface area contributed by atoms with Gasteiger partial charge >= 0.3 is 5.97 Å². The fourth-order valence-electron chi connectivity index (χ4n) is 1.42. The van der Waals surface area contributed by atoms with Crippen LogP contribution in [0.1, 0.15) is 28.1 Å². The molecule has 1 aromatic heterocycles. The smallest absolute Gasteiger partial charge is 0.350 e. The van der Waals surface area contributed by atoms with Crippen molar-refractivity contribution in [3.8, 4) is 0 Å². The Bertz CT molecular complexity index is 428. The van der Waals surface area contributed by atoms with Crippen molar-refractivity contribution in [2.75, 3.05) is 26.1 Å². The maximum atomic E-state index is 11.7. The van der Waals surface area contributed by atoms with Crippen LogP contribution in [0.3, 0.4) is 0 Å². The minimum absolute atomic E-state index is 0.126. The first kappa shape index (κ1) is 14.7. The quantitative estimate of drug-likeness (QED) is 0.636. The fraction of sp³-hybridized carbons (Fsp3) is 0.500. The largest absolute Gasteiger partial charge is 0.465 e. The number of carbonyl (C=O) groups excluding carboxylic acids is 2. The molecule has 1 heterocycles. The van der Waals surface area contributed by atoms with Crippen molar-refractivity contribution in [1.82, 2.24) is 0 Å². The Kier molecular flexibility index (Phi) is 5.80. The Labute approximate surface area is 110 Å². The van der Waals surface area contributed by atoms with Crippen LogP contribution in [0.4, 0.5) is 5.69 Å². The number of nitrogens with one attached hydrogen (secondary N) is 1. The maximum absolute atomic E-state index is 11.7. The van der Waals surface area contributed by atoms with E-state index >= 15 is 0 Å². The van der Waals surface area contributed by atoms with Gasteiger partial charge in [0.25, 0.3) is 0 Å². The number of rotatable bonds is 6. The van der Waals surface area contributed by atoms with Crippen molar-refractivity contribution in [2.24, 2.45) is 0 Å². The lowest BCUT2D eigenvalue weighted by Crippen LogP contribution is -2.14. The monoisotopic (exact) mass is 271 g/mol. The van der Waals surface area contributed by atoms with Gasteiger partial charge in [-0.25, -0.2) is 4.79 Å². The molecular formula is C12H17NO4S. The van der Waals surface area contributed by atoms with Crippen LogP contribution in [-0.4, -0.2) is 32.7 Å². The van der Waals surface area contributed by atoms with Crippen molar-refractivity contribution in [3.05, 3.63) is 15.8 Å². The molecule has 0 spiro atoms. The standard InChI is InChI=1S/C12H17NO4S/c1-8-7-18-11(12(15)17-3)10(8)13-9(14)5-4-6-16-2/h7H,4-6H2,1-3H3,(H,13,14). The summed E-state index contributed by atoms with van der Waals surface area (Å²) in [5, 5.41) is 4.56. The second-order valence-corrected chi connectivity index (χ2v) is 4.64. The van der Waals surface area contributed by atoms with E-state index in [1.54, 1.807) is 7.11 Å². The lowest BCUT2D eigenvalue weighted by molar-refractivity contribution is -0.116. The van der Waals surface area contributed by atoms with Gasteiger partial charge in [0.2, 0.25) is 5.91 Å². The van der Waals surface area contributed by atoms with E-state index in [4.69, 9.17) is 4.74 Å². The lowest BCUT2D eigenvalue weighted by atomic mass is 10.2. The Balaban J connectivity index is 2.68. The molecule has 0 aliphatic heterocycles. The van der Waals surface area contributed by atoms with Crippen LogP contribution in [0.2, 0.25) is 0 Å². The van der Waals surface area contributed by atoms with Gasteiger partial charge in [-0.3, -0.25) is 4.79 Å². The molecule has 1 N–H and O–H groups in total. The molecule has 0 saturated carbocycles. The minimum Gasteiger partial charge on any atom is -0.465 e. The second kappa shape index (κ2) is 7.13. The molecule has 1 aromatic rings. The normalized spacial score (nSPS) is 10.2. The highest BCUT2D eigenvalue weighted by atomic mass is 32.1. The van der Waals surface area contributed by atoms with Gasteiger partial charge in [0.1, 0.15) is 4.88 Å². The van der Waals surface area contributed by atoms with E-state index in [0.717, 1.165) is 5.56 Å². The van der Waals surface area contributed by atoms with E-state index in [9.17, 15) is 9.59 Å². The zero-order chi connectivity index (χ0) is 13.5. The zero-order valence-electron chi connectivity index (χ0n) is 10.7. The highest BCUT2D eigenvalue weighted by Gasteiger charge is 2.18. The Morgan fingerprint density at radius 1 is 1.39 bits per heavy atom. The summed E-state index contributed by atoms with van der Waals surface area (Å²) in [6.07, 6.45) is 1.02. The van der Waals surface area contributed by atoms with Gasteiger partial charge < -0.3 is 14.8 Å². The molecule has 0 atom stereocenters. The highest BCUT2D eigenvalue weighted by Crippen LogP contribution is 2.28. The molecule has 0 saturated heterocycles. The van der Waals surface area contributed by atoms with Gasteiger partial charge in [0.05, 0.1) is 12.8 Å². The average molecular weight is 271 g/mol. The first-order chi connectivity index (χ1) is 8.60. The number of anilines is 1. The summed E-state index contributed by atoms with van der Waals surface area (Å²) in [4.78, 5) is 23.6. The van der Waals surface area contributed by atoms with E-state index in [0.29, 0.717) is 30.0 Å². The lowest BCUT2D eigenvalue weighted by Gasteiger charge is -2.07. The number of methoxy groups -OCH3 is 2. The molecule has 1 rings (SSSR count). The number of ether oxygens (including phenoxy) is 2. The van der Waals surface area contributed by atoms with Crippen LogP contribution in [-0.2, 0) is 14.3 Å². The predicted octanol–water partition coefficient (Wildman–Crippen LogP) is 2.21. The fourth-order valence-corrected chi connectivity index (χ4v) is 2.34. The minimum atomic E-state index is -0.430. The molecule has 1 amide bonds. The van der Waals surface area contributed by atoms with Crippen molar-refractivity contribution in [3.63, 3.8) is 0 Å². The Hall–Kier alpha value is -1.40. The van der Waals surface area contributed by atoms with Crippen LogP contribution >= 0.6 is 11.3 Å². The number of hydrogen-bond donors (Lipinski definition) is 1. The summed E-state index contributed by atoms with van der Waals surface area (Å²) in [5.41, 5.74) is 1.41. The number of esters is 1. The molecular weight excluding hydrogens is 254 g/mol. The van der Waals surface area contributed by atoms with Crippen molar-refractivity contribution >= 4 is 28.9 Å². The Morgan fingerprint density at radius 2 is 2.11 bits per heavy atom. The molecule has 0 aromatic carbocycles. The summed E-state index contributed by atoms with van der Waals surface area (Å²) >= 11 is 1.27. The number of thiophene rings is 1. The molecule has 0 aliphatic rings.